The van der Waals surface area contributed by atoms with Crippen molar-refractivity contribution in [1.29, 1.82) is 0 Å². The third-order valence-corrected chi connectivity index (χ3v) is 2.33. The van der Waals surface area contributed by atoms with Gasteiger partial charge >= 0.3 is 11.7 Å². The van der Waals surface area contributed by atoms with Crippen molar-refractivity contribution in [3.05, 3.63) is 40.8 Å². The zero-order valence-corrected chi connectivity index (χ0v) is 8.79. The molecule has 0 bridgehead atoms. The van der Waals surface area contributed by atoms with Crippen molar-refractivity contribution in [2.45, 2.75) is 0 Å². The van der Waals surface area contributed by atoms with Gasteiger partial charge in [-0.05, 0) is 12.1 Å². The Labute approximate surface area is 95.9 Å². The van der Waals surface area contributed by atoms with Gasteiger partial charge in [-0.3, -0.25) is 4.90 Å². The van der Waals surface area contributed by atoms with Gasteiger partial charge in [0.1, 0.15) is 11.3 Å². The Morgan fingerprint density at radius 1 is 1.41 bits per heavy atom. The predicted octanol–water partition coefficient (Wildman–Crippen LogP) is 1.19. The van der Waals surface area contributed by atoms with Crippen molar-refractivity contribution in [1.82, 2.24) is 0 Å². The molecule has 0 aliphatic carbocycles. The van der Waals surface area contributed by atoms with Gasteiger partial charge in [-0.25, -0.2) is 9.59 Å². The van der Waals surface area contributed by atoms with E-state index >= 15 is 0 Å². The third kappa shape index (κ3) is 1.98. The van der Waals surface area contributed by atoms with Gasteiger partial charge in [0, 0.05) is 5.39 Å². The van der Waals surface area contributed by atoms with E-state index in [9.17, 15) is 9.59 Å². The van der Waals surface area contributed by atoms with Gasteiger partial charge < -0.3 is 15.3 Å². The Hall–Kier alpha value is -2.34. The van der Waals surface area contributed by atoms with Gasteiger partial charge in [0.05, 0.1) is 6.67 Å². The summed E-state index contributed by atoms with van der Waals surface area (Å²) in [5.41, 5.74) is 4.88. The van der Waals surface area contributed by atoms with Gasteiger partial charge in [-0.2, -0.15) is 0 Å². The lowest BCUT2D eigenvalue weighted by Gasteiger charge is -2.15. The largest absolute Gasteiger partial charge is 0.465 e. The van der Waals surface area contributed by atoms with Crippen LogP contribution in [0.15, 0.2) is 39.5 Å². The lowest BCUT2D eigenvalue weighted by Crippen LogP contribution is -2.37. The molecule has 6 heteroatoms. The Morgan fingerprint density at radius 3 is 2.76 bits per heavy atom. The fourth-order valence-electron chi connectivity index (χ4n) is 1.52. The molecule has 88 valence electrons. The minimum Gasteiger partial charge on any atom is -0.465 e. The molecule has 1 aromatic carbocycles. The first-order valence-electron chi connectivity index (χ1n) is 4.87. The average molecular weight is 234 g/mol. The van der Waals surface area contributed by atoms with Crippen LogP contribution in [0, 0.1) is 0 Å². The number of para-hydroxylation sites is 1. The number of benzene rings is 1. The number of nitrogens with zero attached hydrogens (tertiary/aromatic N) is 1. The summed E-state index contributed by atoms with van der Waals surface area (Å²) < 4.78 is 5.01. The smallest absolute Gasteiger partial charge is 0.413 e. The average Bonchev–Trinajstić information content (AvgIpc) is 2.30. The van der Waals surface area contributed by atoms with Crippen LogP contribution in [-0.4, -0.2) is 17.9 Å². The standard InChI is InChI=1S/C11H10N2O4/c12-6-13(11(15)16)8-5-7-3-1-2-4-9(7)17-10(8)14/h1-5H,6,12H2,(H,15,16). The zero-order valence-electron chi connectivity index (χ0n) is 8.79. The summed E-state index contributed by atoms with van der Waals surface area (Å²) in [5.74, 6) is 0. The normalized spacial score (nSPS) is 10.4. The molecule has 1 heterocycles. The molecule has 2 rings (SSSR count). The van der Waals surface area contributed by atoms with E-state index in [2.05, 4.69) is 0 Å². The minimum absolute atomic E-state index is 0.0845. The van der Waals surface area contributed by atoms with Crippen molar-refractivity contribution < 1.29 is 14.3 Å². The molecule has 0 radical (unpaired) electrons. The summed E-state index contributed by atoms with van der Waals surface area (Å²) in [5, 5.41) is 9.53. The Morgan fingerprint density at radius 2 is 2.12 bits per heavy atom. The Bertz CT molecular complexity index is 620. The van der Waals surface area contributed by atoms with Gasteiger partial charge in [0.25, 0.3) is 0 Å². The van der Waals surface area contributed by atoms with Gasteiger partial charge in [-0.1, -0.05) is 18.2 Å². The highest BCUT2D eigenvalue weighted by atomic mass is 16.4. The van der Waals surface area contributed by atoms with Crippen LogP contribution in [0.2, 0.25) is 0 Å². The number of anilines is 1. The lowest BCUT2D eigenvalue weighted by atomic mass is 10.2. The quantitative estimate of drug-likeness (QED) is 0.601. The second-order valence-electron chi connectivity index (χ2n) is 3.35. The second kappa shape index (κ2) is 4.26. The number of rotatable bonds is 2. The van der Waals surface area contributed by atoms with Gasteiger partial charge in [-0.15, -0.1) is 0 Å². The monoisotopic (exact) mass is 234 g/mol. The van der Waals surface area contributed by atoms with E-state index in [-0.39, 0.29) is 12.4 Å². The van der Waals surface area contributed by atoms with E-state index in [0.717, 1.165) is 4.90 Å². The molecule has 0 atom stereocenters. The molecule has 0 fully saturated rings. The first-order valence-corrected chi connectivity index (χ1v) is 4.87. The molecule has 0 spiro atoms. The van der Waals surface area contributed by atoms with Gasteiger partial charge in [0.2, 0.25) is 0 Å². The number of carboxylic acid groups (broad SMARTS) is 1. The molecule has 0 aliphatic heterocycles. The highest BCUT2D eigenvalue weighted by Crippen LogP contribution is 2.17. The molecular formula is C11H10N2O4. The molecule has 2 aromatic rings. The molecule has 1 aromatic heterocycles. The van der Waals surface area contributed by atoms with Crippen molar-refractivity contribution >= 4 is 22.7 Å². The van der Waals surface area contributed by atoms with Crippen LogP contribution in [0.1, 0.15) is 0 Å². The first kappa shape index (κ1) is 11.2. The van der Waals surface area contributed by atoms with E-state index in [1.54, 1.807) is 24.3 Å². The fourth-order valence-corrected chi connectivity index (χ4v) is 1.52. The van der Waals surface area contributed by atoms with Crippen molar-refractivity contribution in [2.24, 2.45) is 5.73 Å². The van der Waals surface area contributed by atoms with E-state index in [4.69, 9.17) is 15.3 Å². The van der Waals surface area contributed by atoms with Crippen LogP contribution < -0.4 is 16.3 Å². The third-order valence-electron chi connectivity index (χ3n) is 2.33. The van der Waals surface area contributed by atoms with E-state index in [1.165, 1.54) is 6.07 Å². The molecular weight excluding hydrogens is 224 g/mol. The molecule has 6 nitrogen and oxygen atoms in total. The van der Waals surface area contributed by atoms with Crippen LogP contribution in [0.3, 0.4) is 0 Å². The summed E-state index contributed by atoms with van der Waals surface area (Å²) in [6.45, 7) is -0.307. The first-order chi connectivity index (χ1) is 8.13. The van der Waals surface area contributed by atoms with E-state index < -0.39 is 11.7 Å². The number of hydrogen-bond donors (Lipinski definition) is 2. The Kier molecular flexibility index (Phi) is 2.80. The summed E-state index contributed by atoms with van der Waals surface area (Å²) in [6, 6.07) is 8.29. The van der Waals surface area contributed by atoms with Crippen LogP contribution in [0.25, 0.3) is 11.0 Å². The molecule has 1 amide bonds. The SMILES string of the molecule is NCN(C(=O)O)c1cc2ccccc2oc1=O. The summed E-state index contributed by atoms with van der Waals surface area (Å²) >= 11 is 0. The fraction of sp³-hybridized carbons (Fsp3) is 0.0909. The van der Waals surface area contributed by atoms with Crippen molar-refractivity contribution in [3.8, 4) is 0 Å². The summed E-state index contributed by atoms with van der Waals surface area (Å²) in [4.78, 5) is 23.2. The maximum atomic E-state index is 11.6. The van der Waals surface area contributed by atoms with E-state index in [0.29, 0.717) is 11.0 Å². The lowest BCUT2D eigenvalue weighted by molar-refractivity contribution is 0.202. The number of fused-ring (bicyclic) bond motifs is 1. The summed E-state index contributed by atoms with van der Waals surface area (Å²) in [6.07, 6.45) is -1.30. The van der Waals surface area contributed by atoms with Crippen LogP contribution in [-0.2, 0) is 0 Å². The molecule has 3 N–H and O–H groups in total. The van der Waals surface area contributed by atoms with Crippen LogP contribution in [0.5, 0.6) is 0 Å². The van der Waals surface area contributed by atoms with Crippen molar-refractivity contribution in [3.63, 3.8) is 0 Å². The molecule has 0 saturated heterocycles. The topological polar surface area (TPSA) is 96.8 Å². The van der Waals surface area contributed by atoms with Gasteiger partial charge in [0.15, 0.2) is 0 Å². The number of amides is 1. The molecule has 0 unspecified atom stereocenters. The molecule has 0 saturated carbocycles. The van der Waals surface area contributed by atoms with Crippen molar-refractivity contribution in [2.75, 3.05) is 11.6 Å². The maximum absolute atomic E-state index is 11.6. The number of hydrogen-bond acceptors (Lipinski definition) is 4. The predicted molar refractivity (Wildman–Crippen MR) is 62.0 cm³/mol. The highest BCUT2D eigenvalue weighted by Gasteiger charge is 2.17. The minimum atomic E-state index is -1.30. The van der Waals surface area contributed by atoms with Crippen LogP contribution in [0.4, 0.5) is 10.5 Å². The zero-order chi connectivity index (χ0) is 12.4. The Balaban J connectivity index is 2.65. The highest BCUT2D eigenvalue weighted by molar-refractivity contribution is 5.89. The maximum Gasteiger partial charge on any atom is 0.413 e. The second-order valence-corrected chi connectivity index (χ2v) is 3.35. The molecule has 0 aliphatic rings. The summed E-state index contributed by atoms with van der Waals surface area (Å²) in [7, 11) is 0. The number of nitrogens with two attached hydrogens (primary N) is 1. The van der Waals surface area contributed by atoms with E-state index in [1.807, 2.05) is 0 Å². The number of carbonyl (C=O) groups is 1. The molecule has 17 heavy (non-hydrogen) atoms. The van der Waals surface area contributed by atoms with Crippen LogP contribution >= 0.6 is 0 Å².